The molecule has 1 N–H and O–H groups in total. The van der Waals surface area contributed by atoms with Crippen molar-refractivity contribution in [2.45, 2.75) is 26.4 Å². The maximum Gasteiger partial charge on any atom is 0.254 e. The fraction of sp³-hybridized carbons (Fsp3) is 0.211. The summed E-state index contributed by atoms with van der Waals surface area (Å²) in [5.41, 5.74) is 3.89. The Balaban J connectivity index is 1.68. The molecule has 0 saturated heterocycles. The summed E-state index contributed by atoms with van der Waals surface area (Å²) < 4.78 is 1.74. The van der Waals surface area contributed by atoms with Crippen LogP contribution in [-0.2, 0) is 6.54 Å². The van der Waals surface area contributed by atoms with Gasteiger partial charge in [-0.15, -0.1) is 0 Å². The van der Waals surface area contributed by atoms with Crippen molar-refractivity contribution in [2.75, 3.05) is 0 Å². The topological polar surface area (TPSA) is 59.8 Å². The Morgan fingerprint density at radius 3 is 2.42 bits per heavy atom. The van der Waals surface area contributed by atoms with Gasteiger partial charge in [-0.2, -0.15) is 5.10 Å². The fourth-order valence-corrected chi connectivity index (χ4v) is 2.53. The molecule has 5 nitrogen and oxygen atoms in total. The molecular weight excluding hydrogens is 300 g/mol. The van der Waals surface area contributed by atoms with Crippen LogP contribution in [0.3, 0.4) is 0 Å². The van der Waals surface area contributed by atoms with E-state index in [1.54, 1.807) is 29.5 Å². The number of hydrogen-bond donors (Lipinski definition) is 1. The van der Waals surface area contributed by atoms with E-state index in [9.17, 15) is 4.79 Å². The van der Waals surface area contributed by atoms with Gasteiger partial charge < -0.3 is 5.32 Å². The summed E-state index contributed by atoms with van der Waals surface area (Å²) in [5, 5.41) is 7.14. The Morgan fingerprint density at radius 1 is 1.12 bits per heavy atom. The third kappa shape index (κ3) is 3.51. The monoisotopic (exact) mass is 320 g/mol. The fourth-order valence-electron chi connectivity index (χ4n) is 2.53. The van der Waals surface area contributed by atoms with Gasteiger partial charge in [-0.05, 0) is 42.7 Å². The van der Waals surface area contributed by atoms with Gasteiger partial charge in [0.2, 0.25) is 0 Å². The highest BCUT2D eigenvalue weighted by atomic mass is 16.1. The number of aromatic nitrogens is 3. The second-order valence-electron chi connectivity index (χ2n) is 5.64. The first-order valence-corrected chi connectivity index (χ1v) is 8.01. The van der Waals surface area contributed by atoms with Crippen molar-refractivity contribution in [1.82, 2.24) is 20.1 Å². The number of nitrogens with zero attached hydrogens (tertiary/aromatic N) is 3. The van der Waals surface area contributed by atoms with Crippen LogP contribution in [0.5, 0.6) is 0 Å². The van der Waals surface area contributed by atoms with Gasteiger partial charge in [0.1, 0.15) is 0 Å². The van der Waals surface area contributed by atoms with Gasteiger partial charge >= 0.3 is 0 Å². The van der Waals surface area contributed by atoms with Gasteiger partial charge in [0, 0.05) is 25.1 Å². The molecule has 3 aromatic rings. The van der Waals surface area contributed by atoms with E-state index in [1.807, 2.05) is 38.1 Å². The number of carbonyl (C=O) groups excluding carboxylic acids is 1. The minimum Gasteiger partial charge on any atom is -0.345 e. The molecule has 2 aromatic heterocycles. The SMILES string of the molecule is CCn1cc(C(=O)N[C@H](C)c2ccc(-c3ccncc3)cc2)cn1. The Kier molecular flexibility index (Phi) is 4.70. The number of pyridine rings is 1. The molecule has 2 heterocycles. The Morgan fingerprint density at radius 2 is 1.79 bits per heavy atom. The maximum absolute atomic E-state index is 12.3. The molecule has 0 saturated carbocycles. The number of aryl methyl sites for hydroxylation is 1. The van der Waals surface area contributed by atoms with E-state index < -0.39 is 0 Å². The lowest BCUT2D eigenvalue weighted by molar-refractivity contribution is 0.0940. The molecule has 1 aromatic carbocycles. The lowest BCUT2D eigenvalue weighted by Crippen LogP contribution is -2.26. The van der Waals surface area contributed by atoms with Crippen LogP contribution in [0.2, 0.25) is 0 Å². The molecule has 0 spiro atoms. The molecule has 0 aliphatic carbocycles. The van der Waals surface area contributed by atoms with Gasteiger partial charge in [0.15, 0.2) is 0 Å². The third-order valence-electron chi connectivity index (χ3n) is 3.99. The molecule has 0 aliphatic heterocycles. The molecule has 0 unspecified atom stereocenters. The molecule has 1 amide bonds. The van der Waals surface area contributed by atoms with Crippen LogP contribution in [0, 0.1) is 0 Å². The van der Waals surface area contributed by atoms with E-state index >= 15 is 0 Å². The first-order chi connectivity index (χ1) is 11.7. The van der Waals surface area contributed by atoms with E-state index in [2.05, 4.69) is 27.5 Å². The Bertz CT molecular complexity index is 809. The summed E-state index contributed by atoms with van der Waals surface area (Å²) >= 11 is 0. The lowest BCUT2D eigenvalue weighted by Gasteiger charge is -2.14. The van der Waals surface area contributed by atoms with Crippen molar-refractivity contribution in [3.63, 3.8) is 0 Å². The minimum atomic E-state index is -0.111. The second-order valence-corrected chi connectivity index (χ2v) is 5.64. The zero-order valence-corrected chi connectivity index (χ0v) is 13.8. The molecule has 1 atom stereocenters. The summed E-state index contributed by atoms with van der Waals surface area (Å²) in [4.78, 5) is 16.3. The van der Waals surface area contributed by atoms with Gasteiger partial charge in [0.25, 0.3) is 5.91 Å². The van der Waals surface area contributed by atoms with Crippen molar-refractivity contribution in [3.05, 3.63) is 72.3 Å². The van der Waals surface area contributed by atoms with Crippen LogP contribution < -0.4 is 5.32 Å². The van der Waals surface area contributed by atoms with Crippen LogP contribution in [0.15, 0.2) is 61.2 Å². The number of rotatable bonds is 5. The van der Waals surface area contributed by atoms with Gasteiger partial charge in [-0.3, -0.25) is 14.5 Å². The summed E-state index contributed by atoms with van der Waals surface area (Å²) in [7, 11) is 0. The van der Waals surface area contributed by atoms with E-state index in [-0.39, 0.29) is 11.9 Å². The highest BCUT2D eigenvalue weighted by molar-refractivity contribution is 5.93. The zero-order valence-electron chi connectivity index (χ0n) is 13.8. The van der Waals surface area contributed by atoms with E-state index in [0.29, 0.717) is 5.56 Å². The molecule has 24 heavy (non-hydrogen) atoms. The Hall–Kier alpha value is -2.95. The molecule has 5 heteroatoms. The Labute approximate surface area is 141 Å². The van der Waals surface area contributed by atoms with E-state index in [0.717, 1.165) is 23.2 Å². The number of amides is 1. The lowest BCUT2D eigenvalue weighted by atomic mass is 10.0. The van der Waals surface area contributed by atoms with Crippen molar-refractivity contribution in [2.24, 2.45) is 0 Å². The van der Waals surface area contributed by atoms with Gasteiger partial charge in [-0.25, -0.2) is 0 Å². The van der Waals surface area contributed by atoms with Crippen molar-refractivity contribution < 1.29 is 4.79 Å². The number of nitrogens with one attached hydrogen (secondary N) is 1. The molecule has 3 rings (SSSR count). The van der Waals surface area contributed by atoms with Crippen molar-refractivity contribution >= 4 is 5.91 Å². The normalized spacial score (nSPS) is 11.9. The average Bonchev–Trinajstić information content (AvgIpc) is 3.12. The standard InChI is InChI=1S/C19H20N4O/c1-3-23-13-18(12-21-23)19(24)22-14(2)15-4-6-16(7-5-15)17-8-10-20-11-9-17/h4-14H,3H2,1-2H3,(H,22,24)/t14-/m1/s1. The molecule has 0 fully saturated rings. The smallest absolute Gasteiger partial charge is 0.254 e. The summed E-state index contributed by atoms with van der Waals surface area (Å²) in [6.07, 6.45) is 6.91. The minimum absolute atomic E-state index is 0.0750. The first kappa shape index (κ1) is 15.9. The third-order valence-corrected chi connectivity index (χ3v) is 3.99. The van der Waals surface area contributed by atoms with E-state index in [4.69, 9.17) is 0 Å². The van der Waals surface area contributed by atoms with E-state index in [1.165, 1.54) is 0 Å². The summed E-state index contributed by atoms with van der Waals surface area (Å²) in [6.45, 7) is 4.71. The first-order valence-electron chi connectivity index (χ1n) is 8.01. The van der Waals surface area contributed by atoms with Crippen LogP contribution in [-0.4, -0.2) is 20.7 Å². The molecule has 122 valence electrons. The summed E-state index contributed by atoms with van der Waals surface area (Å²) in [6, 6.07) is 12.1. The maximum atomic E-state index is 12.3. The second kappa shape index (κ2) is 7.08. The quantitative estimate of drug-likeness (QED) is 0.783. The summed E-state index contributed by atoms with van der Waals surface area (Å²) in [5.74, 6) is -0.111. The highest BCUT2D eigenvalue weighted by Gasteiger charge is 2.13. The number of carbonyl (C=O) groups is 1. The predicted octanol–water partition coefficient (Wildman–Crippen LogP) is 3.46. The largest absolute Gasteiger partial charge is 0.345 e. The molecule has 0 aliphatic rings. The van der Waals surface area contributed by atoms with Gasteiger partial charge in [-0.1, -0.05) is 24.3 Å². The average molecular weight is 320 g/mol. The number of benzene rings is 1. The molecule has 0 radical (unpaired) electrons. The van der Waals surface area contributed by atoms with Gasteiger partial charge in [0.05, 0.1) is 17.8 Å². The number of hydrogen-bond acceptors (Lipinski definition) is 3. The molecule has 0 bridgehead atoms. The predicted molar refractivity (Wildman–Crippen MR) is 93.5 cm³/mol. The van der Waals surface area contributed by atoms with Crippen LogP contribution in [0.1, 0.15) is 35.8 Å². The van der Waals surface area contributed by atoms with Crippen LogP contribution >= 0.6 is 0 Å². The van der Waals surface area contributed by atoms with Crippen molar-refractivity contribution in [1.29, 1.82) is 0 Å². The zero-order chi connectivity index (χ0) is 16.9. The van der Waals surface area contributed by atoms with Crippen molar-refractivity contribution in [3.8, 4) is 11.1 Å². The van der Waals surface area contributed by atoms with Crippen LogP contribution in [0.4, 0.5) is 0 Å². The van der Waals surface area contributed by atoms with Crippen LogP contribution in [0.25, 0.3) is 11.1 Å². The molecular formula is C19H20N4O. The highest BCUT2D eigenvalue weighted by Crippen LogP contribution is 2.21.